The van der Waals surface area contributed by atoms with Crippen molar-refractivity contribution in [2.24, 2.45) is 4.99 Å². The molecule has 10 saturated heterocycles. The highest BCUT2D eigenvalue weighted by Gasteiger charge is 2.60. The standard InChI is InChI=1S/C22H35N3O4S.C21H26N4O4S.C19H29N3O4S.C15H21N3O.C15H22N2O3S.O2S/c1-18(26)19-8-10-21(11-9-19)30(27,28)25-20(7-5-6-14-23(2)3)17-29-22(25)12-15-24(4)16-13-22;1-15(26)16-5-7-18(8-6-16)30(28,29)25-19(14-17-4-3-11-22-17)20(27)23-21(25)9-12-24(2)13-10-21;1-15(23)16-5-7-18(8-6-16)27(24,25)22-14-17(13-20(2)3)26-19(22)9-11-21(4)12-10-19;1-17-9-7-15(8-10-17)16-14(19)12-18(15)11-13-5-3-2-4-6-13;1-13-3-5-14(6-4-13)21(18,19)17-11-12-20-15(17)7-9-16(2)10-8-15;1-3-2/h8-11,20H,5-7,12-17H2,1-4H3;4-8,11,19H,3,9-10,12-14H2,1-2H3,(H,23,27);5-8,17H,9-14H2,1-4H3;2-6H,7-12H2,1H3,(H,16,19);3-6H,7-12H2,1-2H3;. The zero-order chi connectivity index (χ0) is 94.4. The van der Waals surface area contributed by atoms with Crippen LogP contribution in [0.3, 0.4) is 0 Å². The van der Waals surface area contributed by atoms with Crippen LogP contribution in [0.15, 0.2) is 164 Å². The zero-order valence-electron chi connectivity index (χ0n) is 77.5. The average molecular weight is 1900 g/mol. The monoisotopic (exact) mass is 1900 g/mol. The molecule has 5 aromatic rings. The van der Waals surface area contributed by atoms with Gasteiger partial charge in [-0.15, -0.1) is 0 Å². The maximum atomic E-state index is 13.8. The van der Waals surface area contributed by atoms with Crippen LogP contribution in [-0.2, 0) is 82.0 Å². The Balaban J connectivity index is 0.000000157. The third kappa shape index (κ3) is 24.6. The lowest BCUT2D eigenvalue weighted by Gasteiger charge is -2.43. The minimum atomic E-state index is -3.99. The lowest BCUT2D eigenvalue weighted by atomic mass is 9.96. The van der Waals surface area contributed by atoms with Crippen LogP contribution in [0.4, 0.5) is 0 Å². The van der Waals surface area contributed by atoms with Crippen LogP contribution in [0.5, 0.6) is 0 Å². The topological polar surface area (TPSA) is 359 Å². The van der Waals surface area contributed by atoms with Crippen LogP contribution >= 0.6 is 0 Å². The van der Waals surface area contributed by atoms with E-state index in [1.165, 1.54) is 67.0 Å². The van der Waals surface area contributed by atoms with Crippen molar-refractivity contribution in [3.05, 3.63) is 167 Å². The van der Waals surface area contributed by atoms with Gasteiger partial charge in [0.05, 0.1) is 57.1 Å². The molecular formula is C92H133N15O18S5. The number of sulfonamides is 4. The number of likely N-dealkylation sites (tertiary alicyclic amines) is 5. The molecule has 0 radical (unpaired) electrons. The van der Waals surface area contributed by atoms with E-state index in [1.54, 1.807) is 67.7 Å². The highest BCUT2D eigenvalue weighted by atomic mass is 32.2. The Bertz CT molecular complexity index is 5290. The van der Waals surface area contributed by atoms with E-state index in [2.05, 4.69) is 95.3 Å². The average Bonchev–Trinajstić information content (AvgIpc) is 1.57. The molecule has 3 atom stereocenters. The highest BCUT2D eigenvalue weighted by Crippen LogP contribution is 2.46. The predicted molar refractivity (Wildman–Crippen MR) is 497 cm³/mol. The molecule has 0 saturated carbocycles. The minimum absolute atomic E-state index is 0.0750. The molecule has 5 aromatic carbocycles. The van der Waals surface area contributed by atoms with Gasteiger partial charge in [-0.2, -0.15) is 25.6 Å². The van der Waals surface area contributed by atoms with Gasteiger partial charge in [-0.1, -0.05) is 96.9 Å². The number of ether oxygens (including phenoxy) is 3. The normalized spacial score (nSPS) is 23.2. The third-order valence-corrected chi connectivity index (χ3v) is 34.5. The number of aliphatic imine (C=N–C) groups is 1. The molecule has 5 spiro atoms. The Morgan fingerprint density at radius 1 is 0.500 bits per heavy atom. The number of hydrogen-bond donors (Lipinski definition) is 2. The van der Waals surface area contributed by atoms with Crippen molar-refractivity contribution in [2.45, 2.75) is 197 Å². The number of Topliss-reactive ketones (excluding diaryl/α,β-unsaturated/α-hetero) is 3. The van der Waals surface area contributed by atoms with Crippen LogP contribution in [0, 0.1) is 6.92 Å². The number of rotatable bonds is 22. The smallest absolute Gasteiger partial charge is 0.335 e. The molecule has 16 rings (SSSR count). The van der Waals surface area contributed by atoms with Crippen LogP contribution in [-0.4, -0.2) is 355 Å². The number of nitrogens with zero attached hydrogens (tertiary/aromatic N) is 13. The molecule has 0 bridgehead atoms. The highest BCUT2D eigenvalue weighted by molar-refractivity contribution is 7.90. The summed E-state index contributed by atoms with van der Waals surface area (Å²) in [5.74, 6) is -0.407. The first kappa shape index (κ1) is 103. The number of unbranched alkanes of at least 4 members (excludes halogenated alkanes) is 1. The van der Waals surface area contributed by atoms with Gasteiger partial charge in [0, 0.05) is 172 Å². The third-order valence-electron chi connectivity index (χ3n) is 26.6. The van der Waals surface area contributed by atoms with Gasteiger partial charge in [-0.05, 0) is 190 Å². The number of ketones is 3. The second-order valence-electron chi connectivity index (χ2n) is 36.7. The number of piperidine rings is 5. The maximum absolute atomic E-state index is 13.8. The second-order valence-corrected chi connectivity index (χ2v) is 44.2. The predicted octanol–water partition coefficient (Wildman–Crippen LogP) is 7.05. The molecule has 10 fully saturated rings. The molecule has 11 aliphatic heterocycles. The molecule has 2 amide bonds. The van der Waals surface area contributed by atoms with Crippen molar-refractivity contribution in [3.8, 4) is 0 Å². The zero-order valence-corrected chi connectivity index (χ0v) is 81.6. The summed E-state index contributed by atoms with van der Waals surface area (Å²) >= 11 is -0.750. The first-order valence-electron chi connectivity index (χ1n) is 44.8. The number of aryl methyl sites for hydroxylation is 1. The lowest BCUT2D eigenvalue weighted by molar-refractivity contribution is -0.121. The summed E-state index contributed by atoms with van der Waals surface area (Å²) in [5, 5.41) is 6.24. The van der Waals surface area contributed by atoms with Crippen molar-refractivity contribution in [1.29, 1.82) is 0 Å². The van der Waals surface area contributed by atoms with Crippen LogP contribution in [0.25, 0.3) is 0 Å². The fraction of sp³-hybridized carbons (Fsp3) is 0.587. The van der Waals surface area contributed by atoms with Gasteiger partial charge in [0.2, 0.25) is 51.9 Å². The number of benzene rings is 5. The Morgan fingerprint density at radius 2 is 0.931 bits per heavy atom. The molecule has 130 heavy (non-hydrogen) atoms. The largest absolute Gasteiger partial charge is 0.358 e. The van der Waals surface area contributed by atoms with E-state index < -0.39 is 80.5 Å². The Hall–Kier alpha value is -7.52. The lowest BCUT2D eigenvalue weighted by Crippen LogP contribution is -2.60. The number of carbonyl (C=O) groups is 5. The van der Waals surface area contributed by atoms with Gasteiger partial charge < -0.3 is 59.1 Å². The van der Waals surface area contributed by atoms with Gasteiger partial charge in [0.25, 0.3) is 0 Å². The molecule has 11 heterocycles. The van der Waals surface area contributed by atoms with E-state index in [-0.39, 0.29) is 68.1 Å². The number of amides is 2. The number of hydrogen-bond acceptors (Lipinski definition) is 27. The van der Waals surface area contributed by atoms with Crippen LogP contribution in [0.1, 0.15) is 159 Å². The van der Waals surface area contributed by atoms with Crippen molar-refractivity contribution >= 4 is 87.0 Å². The summed E-state index contributed by atoms with van der Waals surface area (Å²) in [5.41, 5.74) is 1.27. The summed E-state index contributed by atoms with van der Waals surface area (Å²) in [6.45, 7) is 19.5. The van der Waals surface area contributed by atoms with E-state index in [4.69, 9.17) is 22.6 Å². The summed E-state index contributed by atoms with van der Waals surface area (Å²) in [4.78, 5) is 82.2. The van der Waals surface area contributed by atoms with Gasteiger partial charge in [0.15, 0.2) is 17.3 Å². The van der Waals surface area contributed by atoms with Crippen molar-refractivity contribution in [2.75, 3.05) is 175 Å². The molecule has 0 aliphatic carbocycles. The van der Waals surface area contributed by atoms with E-state index in [0.29, 0.717) is 119 Å². The first-order chi connectivity index (χ1) is 61.6. The van der Waals surface area contributed by atoms with Gasteiger partial charge in [-0.3, -0.25) is 33.9 Å². The van der Waals surface area contributed by atoms with Gasteiger partial charge >= 0.3 is 11.6 Å². The van der Waals surface area contributed by atoms with E-state index in [1.807, 2.05) is 78.4 Å². The first-order valence-corrected chi connectivity index (χ1v) is 51.3. The SMILES string of the molecule is CC(=O)c1ccc(S(=O)(=O)N2C(CC3=CCC=N3)C(=O)NC23CCN(C)CC3)cc1.CC(=O)c1ccc(S(=O)(=O)N2C(CCCCN(C)C)COC23CCN(C)CC3)cc1.CC(=O)c1ccc(S(=O)(=O)N2CC(CN(C)C)OC23CCN(C)CC3)cc1.CN1CCC2(CC1)NC(=O)CN2Cc1ccccc1.Cc1ccc(S(=O)(=O)N2CCOC23CCN(C)CC3)cc1.O=S=O. The summed E-state index contributed by atoms with van der Waals surface area (Å²) in [6.07, 6.45) is 14.4. The van der Waals surface area contributed by atoms with Crippen molar-refractivity contribution < 1.29 is 80.3 Å². The molecular weight excluding hydrogens is 1760 g/mol. The summed E-state index contributed by atoms with van der Waals surface area (Å²) < 4.78 is 149. The molecule has 11 aliphatic rings. The fourth-order valence-corrected chi connectivity index (χ4v) is 26.3. The summed E-state index contributed by atoms with van der Waals surface area (Å²) in [7, 11) is 3.36. The van der Waals surface area contributed by atoms with Crippen molar-refractivity contribution in [1.82, 2.24) is 67.1 Å². The summed E-state index contributed by atoms with van der Waals surface area (Å²) in [6, 6.07) is 34.9. The number of allylic oxidation sites excluding steroid dienone is 1. The van der Waals surface area contributed by atoms with E-state index >= 15 is 0 Å². The quantitative estimate of drug-likeness (QED) is 0.0517. The molecule has 2 N–H and O–H groups in total. The number of likely N-dealkylation sites (N-methyl/N-ethyl adjacent to an activating group) is 1. The van der Waals surface area contributed by atoms with Crippen molar-refractivity contribution in [3.63, 3.8) is 0 Å². The molecule has 33 nitrogen and oxygen atoms in total. The van der Waals surface area contributed by atoms with Crippen LogP contribution < -0.4 is 10.6 Å². The molecule has 3 unspecified atom stereocenters. The van der Waals surface area contributed by atoms with Gasteiger partial charge in [-0.25, -0.2) is 33.7 Å². The maximum Gasteiger partial charge on any atom is 0.335 e. The minimum Gasteiger partial charge on any atom is -0.358 e. The second kappa shape index (κ2) is 44.3. The Kier molecular flexibility index (Phi) is 35.1. The van der Waals surface area contributed by atoms with E-state index in [9.17, 15) is 57.6 Å². The number of nitrogens with one attached hydrogen (secondary N) is 2. The van der Waals surface area contributed by atoms with E-state index in [0.717, 1.165) is 122 Å². The van der Waals surface area contributed by atoms with Gasteiger partial charge in [0.1, 0.15) is 28.9 Å². The van der Waals surface area contributed by atoms with Crippen LogP contribution in [0.2, 0.25) is 0 Å². The Labute approximate surface area is 773 Å². The fourth-order valence-electron chi connectivity index (χ4n) is 19.0. The number of carbonyl (C=O) groups excluding carboxylic acids is 5. The Morgan fingerprint density at radius 3 is 1.38 bits per heavy atom. The molecule has 0 aromatic heterocycles. The molecule has 714 valence electrons. The molecule has 38 heteroatoms.